The summed E-state index contributed by atoms with van der Waals surface area (Å²) in [5, 5.41) is 2.74. The molecule has 1 aliphatic heterocycles. The van der Waals surface area contributed by atoms with Crippen LogP contribution < -0.4 is 14.8 Å². The Hall–Kier alpha value is -3.42. The van der Waals surface area contributed by atoms with Gasteiger partial charge >= 0.3 is 0 Å². The highest BCUT2D eigenvalue weighted by molar-refractivity contribution is 5.94. The quantitative estimate of drug-likeness (QED) is 0.783. The van der Waals surface area contributed by atoms with E-state index in [0.717, 1.165) is 5.82 Å². The van der Waals surface area contributed by atoms with E-state index in [1.165, 1.54) is 6.33 Å². The van der Waals surface area contributed by atoms with Gasteiger partial charge in [0.1, 0.15) is 30.4 Å². The van der Waals surface area contributed by atoms with Crippen LogP contribution in [0.3, 0.4) is 0 Å². The van der Waals surface area contributed by atoms with E-state index in [1.54, 1.807) is 35.2 Å². The van der Waals surface area contributed by atoms with E-state index in [0.29, 0.717) is 23.1 Å². The van der Waals surface area contributed by atoms with Crippen molar-refractivity contribution >= 4 is 11.7 Å². The number of anilines is 1. The molecule has 2 aromatic heterocycles. The van der Waals surface area contributed by atoms with E-state index in [-0.39, 0.29) is 12.5 Å². The zero-order valence-corrected chi connectivity index (χ0v) is 13.4. The first kappa shape index (κ1) is 15.1. The summed E-state index contributed by atoms with van der Waals surface area (Å²) >= 11 is 0. The predicted octanol–water partition coefficient (Wildman–Crippen LogP) is 1.75. The van der Waals surface area contributed by atoms with Crippen molar-refractivity contribution in [3.8, 4) is 17.3 Å². The number of carbonyl (C=O) groups excluding carboxylic acids is 1. The van der Waals surface area contributed by atoms with E-state index in [1.807, 2.05) is 19.1 Å². The second kappa shape index (κ2) is 6.23. The van der Waals surface area contributed by atoms with Crippen LogP contribution >= 0.6 is 0 Å². The molecule has 126 valence electrons. The topological polar surface area (TPSA) is 91.2 Å². The first-order valence-electron chi connectivity index (χ1n) is 7.72. The largest absolute Gasteiger partial charge is 0.485 e. The molecule has 8 heteroatoms. The Kier molecular flexibility index (Phi) is 3.77. The predicted molar refractivity (Wildman–Crippen MR) is 88.9 cm³/mol. The Morgan fingerprint density at radius 2 is 2.08 bits per heavy atom. The van der Waals surface area contributed by atoms with E-state index in [9.17, 15) is 4.79 Å². The second-order valence-electron chi connectivity index (χ2n) is 5.46. The standard InChI is InChI=1S/C17H15N5O3/c1-11-18-6-7-22(11)16-8-15(19-10-20-16)21-17(23)14-9-24-12-4-2-3-5-13(12)25-14/h2-8,10,14H,9H2,1H3,(H,19,20,21,23). The number of ether oxygens (including phenoxy) is 2. The summed E-state index contributed by atoms with van der Waals surface area (Å²) < 4.78 is 13.1. The van der Waals surface area contributed by atoms with Crippen molar-refractivity contribution in [2.75, 3.05) is 11.9 Å². The fraction of sp³-hybridized carbons (Fsp3) is 0.176. The molecule has 3 heterocycles. The highest BCUT2D eigenvalue weighted by Gasteiger charge is 2.27. The van der Waals surface area contributed by atoms with Crippen LogP contribution in [0.2, 0.25) is 0 Å². The third kappa shape index (κ3) is 3.01. The van der Waals surface area contributed by atoms with Gasteiger partial charge in [0, 0.05) is 18.5 Å². The monoisotopic (exact) mass is 337 g/mol. The van der Waals surface area contributed by atoms with Crippen LogP contribution in [0.5, 0.6) is 11.5 Å². The summed E-state index contributed by atoms with van der Waals surface area (Å²) in [7, 11) is 0. The zero-order chi connectivity index (χ0) is 17.2. The van der Waals surface area contributed by atoms with Gasteiger partial charge in [0.15, 0.2) is 11.5 Å². The van der Waals surface area contributed by atoms with Gasteiger partial charge in [-0.1, -0.05) is 12.1 Å². The first-order valence-corrected chi connectivity index (χ1v) is 7.72. The van der Waals surface area contributed by atoms with Gasteiger partial charge in [0.2, 0.25) is 6.10 Å². The number of fused-ring (bicyclic) bond motifs is 1. The van der Waals surface area contributed by atoms with Crippen LogP contribution in [0, 0.1) is 6.92 Å². The van der Waals surface area contributed by atoms with Crippen molar-refractivity contribution in [1.29, 1.82) is 0 Å². The molecule has 1 unspecified atom stereocenters. The minimum atomic E-state index is -0.747. The molecular formula is C17H15N5O3. The van der Waals surface area contributed by atoms with E-state index in [4.69, 9.17) is 9.47 Å². The van der Waals surface area contributed by atoms with Crippen molar-refractivity contribution in [2.24, 2.45) is 0 Å². The van der Waals surface area contributed by atoms with Gasteiger partial charge in [-0.15, -0.1) is 0 Å². The SMILES string of the molecule is Cc1nccn1-c1cc(NC(=O)C2COc3ccccc3O2)ncn1. The minimum Gasteiger partial charge on any atom is -0.485 e. The summed E-state index contributed by atoms with van der Waals surface area (Å²) in [5.74, 6) is 2.63. The lowest BCUT2D eigenvalue weighted by atomic mass is 10.2. The molecule has 1 amide bonds. The van der Waals surface area contributed by atoms with Crippen molar-refractivity contribution in [2.45, 2.75) is 13.0 Å². The molecule has 0 bridgehead atoms. The highest BCUT2D eigenvalue weighted by Crippen LogP contribution is 2.31. The molecule has 0 spiro atoms. The van der Waals surface area contributed by atoms with E-state index in [2.05, 4.69) is 20.3 Å². The third-order valence-corrected chi connectivity index (χ3v) is 3.78. The van der Waals surface area contributed by atoms with Crippen molar-refractivity contribution in [1.82, 2.24) is 19.5 Å². The van der Waals surface area contributed by atoms with Gasteiger partial charge in [-0.3, -0.25) is 9.36 Å². The Balaban J connectivity index is 1.49. The van der Waals surface area contributed by atoms with Crippen LogP contribution in [0.4, 0.5) is 5.82 Å². The van der Waals surface area contributed by atoms with E-state index < -0.39 is 6.10 Å². The average molecular weight is 337 g/mol. The lowest BCUT2D eigenvalue weighted by Crippen LogP contribution is -2.40. The molecule has 0 radical (unpaired) electrons. The number of hydrogen-bond donors (Lipinski definition) is 1. The molecule has 4 rings (SSSR count). The van der Waals surface area contributed by atoms with Crippen LogP contribution in [0.15, 0.2) is 49.1 Å². The van der Waals surface area contributed by atoms with Crippen LogP contribution in [0.25, 0.3) is 5.82 Å². The van der Waals surface area contributed by atoms with Crippen molar-refractivity contribution in [3.63, 3.8) is 0 Å². The zero-order valence-electron chi connectivity index (χ0n) is 13.4. The van der Waals surface area contributed by atoms with Crippen LogP contribution in [-0.2, 0) is 4.79 Å². The maximum Gasteiger partial charge on any atom is 0.270 e. The molecule has 0 fully saturated rings. The number of carbonyl (C=O) groups is 1. The molecule has 1 aromatic carbocycles. The number of nitrogens with one attached hydrogen (secondary N) is 1. The van der Waals surface area contributed by atoms with Gasteiger partial charge in [-0.25, -0.2) is 15.0 Å². The van der Waals surface area contributed by atoms with Crippen molar-refractivity contribution < 1.29 is 14.3 Å². The molecular weight excluding hydrogens is 322 g/mol. The molecule has 1 N–H and O–H groups in total. The summed E-state index contributed by atoms with van der Waals surface area (Å²) in [6.45, 7) is 2.01. The van der Waals surface area contributed by atoms with Crippen LogP contribution in [0.1, 0.15) is 5.82 Å². The smallest absolute Gasteiger partial charge is 0.270 e. The molecule has 0 saturated heterocycles. The maximum atomic E-state index is 12.4. The second-order valence-corrected chi connectivity index (χ2v) is 5.46. The fourth-order valence-corrected chi connectivity index (χ4v) is 2.52. The van der Waals surface area contributed by atoms with Crippen LogP contribution in [-0.4, -0.2) is 38.1 Å². The number of aryl methyl sites for hydroxylation is 1. The fourth-order valence-electron chi connectivity index (χ4n) is 2.52. The van der Waals surface area contributed by atoms with Crippen molar-refractivity contribution in [3.05, 3.63) is 54.9 Å². The van der Waals surface area contributed by atoms with Gasteiger partial charge in [-0.2, -0.15) is 0 Å². The number of para-hydroxylation sites is 2. The maximum absolute atomic E-state index is 12.4. The molecule has 1 atom stereocenters. The Morgan fingerprint density at radius 3 is 2.88 bits per heavy atom. The lowest BCUT2D eigenvalue weighted by molar-refractivity contribution is -0.125. The Labute approximate surface area is 143 Å². The number of imidazole rings is 1. The van der Waals surface area contributed by atoms with Gasteiger partial charge < -0.3 is 14.8 Å². The Morgan fingerprint density at radius 1 is 1.24 bits per heavy atom. The molecule has 1 aliphatic rings. The third-order valence-electron chi connectivity index (χ3n) is 3.78. The summed E-state index contributed by atoms with van der Waals surface area (Å²) in [6, 6.07) is 8.91. The molecule has 0 saturated carbocycles. The number of benzene rings is 1. The summed E-state index contributed by atoms with van der Waals surface area (Å²) in [4.78, 5) is 24.9. The molecule has 8 nitrogen and oxygen atoms in total. The molecule has 3 aromatic rings. The lowest BCUT2D eigenvalue weighted by Gasteiger charge is -2.25. The highest BCUT2D eigenvalue weighted by atomic mass is 16.6. The number of aromatic nitrogens is 4. The van der Waals surface area contributed by atoms with E-state index >= 15 is 0 Å². The summed E-state index contributed by atoms with van der Waals surface area (Å²) in [6.07, 6.45) is 4.11. The summed E-state index contributed by atoms with van der Waals surface area (Å²) in [5.41, 5.74) is 0. The van der Waals surface area contributed by atoms with Gasteiger partial charge in [0.05, 0.1) is 0 Å². The number of hydrogen-bond acceptors (Lipinski definition) is 6. The number of rotatable bonds is 3. The van der Waals surface area contributed by atoms with Gasteiger partial charge in [0.25, 0.3) is 5.91 Å². The normalized spacial score (nSPS) is 15.6. The molecule has 0 aliphatic carbocycles. The number of amides is 1. The minimum absolute atomic E-state index is 0.140. The first-order chi connectivity index (χ1) is 12.2. The number of nitrogens with zero attached hydrogens (tertiary/aromatic N) is 4. The van der Waals surface area contributed by atoms with Gasteiger partial charge in [-0.05, 0) is 19.1 Å². The average Bonchev–Trinajstić information content (AvgIpc) is 3.07. The Bertz CT molecular complexity index is 924. The molecule has 25 heavy (non-hydrogen) atoms.